The average molecular weight is 320 g/mol. The van der Waals surface area contributed by atoms with Gasteiger partial charge in [-0.25, -0.2) is 4.79 Å². The first-order valence-electron chi connectivity index (χ1n) is 8.14. The Balaban J connectivity index is 2.89. The molecule has 2 N–H and O–H groups in total. The van der Waals surface area contributed by atoms with Crippen LogP contribution >= 0.6 is 0 Å². The fourth-order valence-corrected chi connectivity index (χ4v) is 2.64. The molecule has 2 unspecified atom stereocenters. The largest absolute Gasteiger partial charge is 0.465 e. The van der Waals surface area contributed by atoms with Gasteiger partial charge in [-0.05, 0) is 31.7 Å². The lowest BCUT2D eigenvalue weighted by atomic mass is 10.00. The molecule has 0 aliphatic carbocycles. The molecule has 0 heterocycles. The Labute approximate surface area is 138 Å². The third-order valence-corrected chi connectivity index (χ3v) is 3.88. The van der Waals surface area contributed by atoms with Crippen LogP contribution in [0.15, 0.2) is 24.3 Å². The molecule has 1 aromatic rings. The minimum Gasteiger partial charge on any atom is -0.465 e. The molecule has 0 spiro atoms. The van der Waals surface area contributed by atoms with E-state index in [1.807, 2.05) is 58.9 Å². The smallest absolute Gasteiger partial charge is 0.407 e. The number of amides is 2. The van der Waals surface area contributed by atoms with E-state index in [1.165, 1.54) is 4.90 Å². The normalized spacial score (nSPS) is 13.5. The maximum atomic E-state index is 12.6. The number of benzene rings is 1. The Kier molecular flexibility index (Phi) is 7.07. The van der Waals surface area contributed by atoms with Crippen LogP contribution < -0.4 is 5.32 Å². The zero-order valence-corrected chi connectivity index (χ0v) is 14.7. The molecule has 1 rings (SSSR count). The molecule has 0 saturated heterocycles. The maximum absolute atomic E-state index is 12.6. The zero-order valence-electron chi connectivity index (χ0n) is 14.7. The van der Waals surface area contributed by atoms with E-state index in [9.17, 15) is 14.7 Å². The number of hydrogen-bond acceptors (Lipinski definition) is 2. The van der Waals surface area contributed by atoms with E-state index in [2.05, 4.69) is 5.32 Å². The summed E-state index contributed by atoms with van der Waals surface area (Å²) in [5, 5.41) is 12.3. The van der Waals surface area contributed by atoms with Crippen molar-refractivity contribution in [2.75, 3.05) is 6.54 Å². The molecule has 0 radical (unpaired) electrons. The van der Waals surface area contributed by atoms with Crippen LogP contribution in [0.25, 0.3) is 0 Å². The van der Waals surface area contributed by atoms with Gasteiger partial charge >= 0.3 is 6.09 Å². The molecule has 5 heteroatoms. The van der Waals surface area contributed by atoms with Crippen molar-refractivity contribution in [3.63, 3.8) is 0 Å². The second-order valence-electron chi connectivity index (χ2n) is 6.31. The minimum atomic E-state index is -1.05. The first-order valence-corrected chi connectivity index (χ1v) is 8.14. The van der Waals surface area contributed by atoms with Crippen molar-refractivity contribution < 1.29 is 14.7 Å². The molecule has 0 bridgehead atoms. The van der Waals surface area contributed by atoms with Crippen molar-refractivity contribution in [1.82, 2.24) is 10.2 Å². The van der Waals surface area contributed by atoms with Gasteiger partial charge in [0.25, 0.3) is 0 Å². The number of rotatable bonds is 7. The van der Waals surface area contributed by atoms with Gasteiger partial charge < -0.3 is 10.4 Å². The second kappa shape index (κ2) is 8.56. The van der Waals surface area contributed by atoms with Gasteiger partial charge in [-0.3, -0.25) is 9.69 Å². The number of hydrogen-bond donors (Lipinski definition) is 2. The summed E-state index contributed by atoms with van der Waals surface area (Å²) in [7, 11) is 0. The Morgan fingerprint density at radius 3 is 2.17 bits per heavy atom. The first kappa shape index (κ1) is 19.0. The summed E-state index contributed by atoms with van der Waals surface area (Å²) in [5.74, 6) is -0.341. The van der Waals surface area contributed by atoms with Gasteiger partial charge in [-0.15, -0.1) is 0 Å². The highest BCUT2D eigenvalue weighted by molar-refractivity contribution is 5.85. The van der Waals surface area contributed by atoms with E-state index >= 15 is 0 Å². The highest BCUT2D eigenvalue weighted by Crippen LogP contribution is 2.17. The van der Waals surface area contributed by atoms with Crippen LogP contribution in [0.2, 0.25) is 0 Å². The lowest BCUT2D eigenvalue weighted by Crippen LogP contribution is -2.52. The van der Waals surface area contributed by atoms with Crippen molar-refractivity contribution in [1.29, 1.82) is 0 Å². The molecule has 0 aliphatic rings. The molecule has 1 aromatic carbocycles. The fourth-order valence-electron chi connectivity index (χ4n) is 2.64. The summed E-state index contributed by atoms with van der Waals surface area (Å²) in [6.45, 7) is 9.91. The summed E-state index contributed by atoms with van der Waals surface area (Å²) in [6, 6.07) is 7.11. The van der Waals surface area contributed by atoms with Crippen LogP contribution in [0.5, 0.6) is 0 Å². The van der Waals surface area contributed by atoms with E-state index in [0.717, 1.165) is 11.1 Å². The highest BCUT2D eigenvalue weighted by Gasteiger charge is 2.32. The predicted octanol–water partition coefficient (Wildman–Crippen LogP) is 3.59. The number of carbonyl (C=O) groups excluding carboxylic acids is 1. The van der Waals surface area contributed by atoms with E-state index in [0.29, 0.717) is 13.0 Å². The second-order valence-corrected chi connectivity index (χ2v) is 6.31. The molecule has 2 atom stereocenters. The third-order valence-electron chi connectivity index (χ3n) is 3.88. The average Bonchev–Trinajstić information content (AvgIpc) is 2.46. The minimum absolute atomic E-state index is 0.0946. The van der Waals surface area contributed by atoms with Crippen LogP contribution in [0, 0.1) is 12.8 Å². The Hall–Kier alpha value is -2.04. The molecule has 0 aliphatic heterocycles. The van der Waals surface area contributed by atoms with Gasteiger partial charge in [0.1, 0.15) is 6.04 Å². The van der Waals surface area contributed by atoms with Crippen molar-refractivity contribution in [2.45, 2.75) is 53.1 Å². The molecule has 0 fully saturated rings. The van der Waals surface area contributed by atoms with Gasteiger partial charge in [-0.1, -0.05) is 50.6 Å². The molecular formula is C18H28N2O3. The molecular weight excluding hydrogens is 292 g/mol. The van der Waals surface area contributed by atoms with E-state index < -0.39 is 12.1 Å². The number of carboxylic acid groups (broad SMARTS) is 1. The highest BCUT2D eigenvalue weighted by atomic mass is 16.4. The summed E-state index contributed by atoms with van der Waals surface area (Å²) in [4.78, 5) is 25.4. The Morgan fingerprint density at radius 1 is 1.17 bits per heavy atom. The van der Waals surface area contributed by atoms with Crippen LogP contribution in [-0.4, -0.2) is 34.6 Å². The summed E-state index contributed by atoms with van der Waals surface area (Å²) >= 11 is 0. The van der Waals surface area contributed by atoms with Crippen molar-refractivity contribution in [3.8, 4) is 0 Å². The zero-order chi connectivity index (χ0) is 17.6. The Bertz CT molecular complexity index is 526. The standard InChI is InChI=1S/C18H28N2O3/c1-6-11-20(18(22)23)16(12(2)3)17(21)19-14(5)15-9-7-13(4)8-10-15/h7-10,12,14,16H,6,11H2,1-5H3,(H,19,21)(H,22,23). The first-order chi connectivity index (χ1) is 10.8. The van der Waals surface area contributed by atoms with Gasteiger partial charge in [0.2, 0.25) is 5.91 Å². The SMILES string of the molecule is CCCN(C(=O)O)C(C(=O)NC(C)c1ccc(C)cc1)C(C)C. The van der Waals surface area contributed by atoms with Gasteiger partial charge in [0, 0.05) is 6.54 Å². The number of aryl methyl sites for hydroxylation is 1. The topological polar surface area (TPSA) is 69.6 Å². The lowest BCUT2D eigenvalue weighted by Gasteiger charge is -2.32. The van der Waals surface area contributed by atoms with E-state index in [-0.39, 0.29) is 17.9 Å². The number of nitrogens with zero attached hydrogens (tertiary/aromatic N) is 1. The predicted molar refractivity (Wildman–Crippen MR) is 91.4 cm³/mol. The maximum Gasteiger partial charge on any atom is 0.407 e. The summed E-state index contributed by atoms with van der Waals surface area (Å²) < 4.78 is 0. The number of carbonyl (C=O) groups is 2. The van der Waals surface area contributed by atoms with Crippen molar-refractivity contribution >= 4 is 12.0 Å². The van der Waals surface area contributed by atoms with Crippen molar-refractivity contribution in [3.05, 3.63) is 35.4 Å². The van der Waals surface area contributed by atoms with E-state index in [1.54, 1.807) is 0 Å². The molecule has 0 saturated carbocycles. The van der Waals surface area contributed by atoms with Gasteiger partial charge in [0.15, 0.2) is 0 Å². The van der Waals surface area contributed by atoms with Crippen LogP contribution in [0.1, 0.15) is 51.3 Å². The van der Waals surface area contributed by atoms with Crippen LogP contribution in [0.4, 0.5) is 4.79 Å². The molecule has 0 aromatic heterocycles. The summed E-state index contributed by atoms with van der Waals surface area (Å²) in [6.07, 6.45) is -0.375. The monoisotopic (exact) mass is 320 g/mol. The van der Waals surface area contributed by atoms with Crippen LogP contribution in [0.3, 0.4) is 0 Å². The van der Waals surface area contributed by atoms with Crippen molar-refractivity contribution in [2.24, 2.45) is 5.92 Å². The lowest BCUT2D eigenvalue weighted by molar-refractivity contribution is -0.128. The fraction of sp³-hybridized carbons (Fsp3) is 0.556. The van der Waals surface area contributed by atoms with Gasteiger partial charge in [-0.2, -0.15) is 0 Å². The third kappa shape index (κ3) is 5.27. The Morgan fingerprint density at radius 2 is 1.74 bits per heavy atom. The summed E-state index contributed by atoms with van der Waals surface area (Å²) in [5.41, 5.74) is 2.16. The number of nitrogens with one attached hydrogen (secondary N) is 1. The van der Waals surface area contributed by atoms with Crippen LogP contribution in [-0.2, 0) is 4.79 Å². The molecule has 128 valence electrons. The van der Waals surface area contributed by atoms with Gasteiger partial charge in [0.05, 0.1) is 6.04 Å². The molecule has 23 heavy (non-hydrogen) atoms. The molecule has 5 nitrogen and oxygen atoms in total. The molecule has 2 amide bonds. The van der Waals surface area contributed by atoms with E-state index in [4.69, 9.17) is 0 Å². The quantitative estimate of drug-likeness (QED) is 0.806.